The summed E-state index contributed by atoms with van der Waals surface area (Å²) in [4.78, 5) is 15.1. The number of nitrogens with two attached hydrogens (primary N) is 1. The van der Waals surface area contributed by atoms with Crippen molar-refractivity contribution in [3.05, 3.63) is 30.1 Å². The van der Waals surface area contributed by atoms with Crippen LogP contribution in [0.5, 0.6) is 0 Å². The van der Waals surface area contributed by atoms with Crippen LogP contribution in [0.1, 0.15) is 25.8 Å². The van der Waals surface area contributed by atoms with E-state index in [2.05, 4.69) is 10.3 Å². The summed E-state index contributed by atoms with van der Waals surface area (Å²) < 4.78 is 0. The van der Waals surface area contributed by atoms with Crippen molar-refractivity contribution in [3.8, 4) is 0 Å². The van der Waals surface area contributed by atoms with Crippen LogP contribution in [0.15, 0.2) is 24.5 Å². The highest BCUT2D eigenvalue weighted by Crippen LogP contribution is 2.23. The Kier molecular flexibility index (Phi) is 3.80. The Labute approximate surface area is 89.9 Å². The van der Waals surface area contributed by atoms with Crippen molar-refractivity contribution in [2.24, 2.45) is 5.73 Å². The van der Waals surface area contributed by atoms with E-state index >= 15 is 0 Å². The first-order valence-electron chi connectivity index (χ1n) is 5.02. The number of aromatic nitrogens is 1. The molecule has 4 heteroatoms. The Morgan fingerprint density at radius 2 is 2.40 bits per heavy atom. The van der Waals surface area contributed by atoms with Gasteiger partial charge in [-0.3, -0.25) is 9.78 Å². The zero-order chi connectivity index (χ0) is 11.3. The first-order chi connectivity index (χ1) is 7.08. The standard InChI is InChI=1S/C11H17N3O/c1-3-14-11(2,7-10(12)15)9-5-4-6-13-8-9/h4-6,8,14H,3,7H2,1-2H3,(H2,12,15). The van der Waals surface area contributed by atoms with Crippen LogP contribution in [0.25, 0.3) is 0 Å². The molecular formula is C11H17N3O. The van der Waals surface area contributed by atoms with E-state index in [9.17, 15) is 4.79 Å². The number of amides is 1. The van der Waals surface area contributed by atoms with Crippen LogP contribution in [-0.2, 0) is 10.3 Å². The third-order valence-electron chi connectivity index (χ3n) is 2.39. The van der Waals surface area contributed by atoms with Crippen molar-refractivity contribution in [1.82, 2.24) is 10.3 Å². The van der Waals surface area contributed by atoms with Gasteiger partial charge in [-0.1, -0.05) is 13.0 Å². The van der Waals surface area contributed by atoms with Crippen LogP contribution in [0, 0.1) is 0 Å². The minimum atomic E-state index is -0.422. The number of pyridine rings is 1. The number of rotatable bonds is 5. The predicted octanol–water partition coefficient (Wildman–Crippen LogP) is 0.782. The Bertz CT molecular complexity index is 326. The molecule has 0 saturated heterocycles. The van der Waals surface area contributed by atoms with Gasteiger partial charge in [0, 0.05) is 18.8 Å². The van der Waals surface area contributed by atoms with Gasteiger partial charge >= 0.3 is 0 Å². The summed E-state index contributed by atoms with van der Waals surface area (Å²) in [5.74, 6) is -0.317. The van der Waals surface area contributed by atoms with E-state index in [0.717, 1.165) is 12.1 Å². The summed E-state index contributed by atoms with van der Waals surface area (Å²) in [5.41, 5.74) is 5.80. The average molecular weight is 207 g/mol. The molecule has 0 aliphatic rings. The van der Waals surface area contributed by atoms with E-state index in [0.29, 0.717) is 0 Å². The third-order valence-corrected chi connectivity index (χ3v) is 2.39. The van der Waals surface area contributed by atoms with Crippen molar-refractivity contribution in [3.63, 3.8) is 0 Å². The number of carbonyl (C=O) groups excluding carboxylic acids is 1. The molecule has 1 aromatic rings. The molecule has 0 saturated carbocycles. The zero-order valence-electron chi connectivity index (χ0n) is 9.16. The Morgan fingerprint density at radius 3 is 2.87 bits per heavy atom. The summed E-state index contributed by atoms with van der Waals surface area (Å²) in [5, 5.41) is 3.27. The van der Waals surface area contributed by atoms with E-state index in [1.807, 2.05) is 26.0 Å². The molecule has 1 heterocycles. The quantitative estimate of drug-likeness (QED) is 0.749. The van der Waals surface area contributed by atoms with Crippen molar-refractivity contribution in [2.75, 3.05) is 6.54 Å². The SMILES string of the molecule is CCNC(C)(CC(N)=O)c1cccnc1. The average Bonchev–Trinajstić information content (AvgIpc) is 2.18. The molecule has 0 aromatic carbocycles. The minimum absolute atomic E-state index is 0.270. The van der Waals surface area contributed by atoms with Crippen LogP contribution in [0.4, 0.5) is 0 Å². The lowest BCUT2D eigenvalue weighted by molar-refractivity contribution is -0.119. The Balaban J connectivity index is 2.95. The van der Waals surface area contributed by atoms with Crippen molar-refractivity contribution in [1.29, 1.82) is 0 Å². The maximum absolute atomic E-state index is 11.0. The third kappa shape index (κ3) is 3.02. The summed E-state index contributed by atoms with van der Waals surface area (Å²) in [6.45, 7) is 4.73. The summed E-state index contributed by atoms with van der Waals surface area (Å²) in [7, 11) is 0. The van der Waals surface area contributed by atoms with Crippen molar-refractivity contribution >= 4 is 5.91 Å². The number of primary amides is 1. The fraction of sp³-hybridized carbons (Fsp3) is 0.455. The summed E-state index contributed by atoms with van der Waals surface area (Å²) in [6, 6.07) is 3.80. The van der Waals surface area contributed by atoms with Gasteiger partial charge in [-0.25, -0.2) is 0 Å². The van der Waals surface area contributed by atoms with Crippen LogP contribution in [0.3, 0.4) is 0 Å². The smallest absolute Gasteiger partial charge is 0.219 e. The first kappa shape index (κ1) is 11.7. The number of nitrogens with zero attached hydrogens (tertiary/aromatic N) is 1. The molecule has 3 N–H and O–H groups in total. The molecule has 1 aromatic heterocycles. The van der Waals surface area contributed by atoms with Crippen molar-refractivity contribution < 1.29 is 4.79 Å². The van der Waals surface area contributed by atoms with Gasteiger partial charge in [-0.15, -0.1) is 0 Å². The Hall–Kier alpha value is -1.42. The van der Waals surface area contributed by atoms with Gasteiger partial charge in [0.1, 0.15) is 0 Å². The largest absolute Gasteiger partial charge is 0.370 e. The van der Waals surface area contributed by atoms with Crippen molar-refractivity contribution in [2.45, 2.75) is 25.8 Å². The van der Waals surface area contributed by atoms with E-state index in [-0.39, 0.29) is 12.3 Å². The number of hydrogen-bond donors (Lipinski definition) is 2. The second kappa shape index (κ2) is 4.89. The second-order valence-corrected chi connectivity index (χ2v) is 3.75. The monoisotopic (exact) mass is 207 g/mol. The number of carbonyl (C=O) groups is 1. The topological polar surface area (TPSA) is 68.0 Å². The molecule has 15 heavy (non-hydrogen) atoms. The normalized spacial score (nSPS) is 14.5. The highest BCUT2D eigenvalue weighted by atomic mass is 16.1. The van der Waals surface area contributed by atoms with Gasteiger partial charge in [0.15, 0.2) is 0 Å². The molecule has 0 fully saturated rings. The van der Waals surface area contributed by atoms with E-state index in [1.54, 1.807) is 12.4 Å². The molecule has 0 aliphatic heterocycles. The predicted molar refractivity (Wildman–Crippen MR) is 59.1 cm³/mol. The maximum atomic E-state index is 11.0. The van der Waals surface area contributed by atoms with Gasteiger partial charge in [0.2, 0.25) is 5.91 Å². The second-order valence-electron chi connectivity index (χ2n) is 3.75. The highest BCUT2D eigenvalue weighted by molar-refractivity contribution is 5.75. The zero-order valence-corrected chi connectivity index (χ0v) is 9.16. The van der Waals surface area contributed by atoms with Gasteiger partial charge in [-0.2, -0.15) is 0 Å². The lowest BCUT2D eigenvalue weighted by atomic mass is 9.89. The molecule has 1 rings (SSSR count). The maximum Gasteiger partial charge on any atom is 0.219 e. The summed E-state index contributed by atoms with van der Waals surface area (Å²) >= 11 is 0. The van der Waals surface area contributed by atoms with Crippen LogP contribution < -0.4 is 11.1 Å². The number of hydrogen-bond acceptors (Lipinski definition) is 3. The Morgan fingerprint density at radius 1 is 1.67 bits per heavy atom. The van der Waals surface area contributed by atoms with Crippen LogP contribution >= 0.6 is 0 Å². The lowest BCUT2D eigenvalue weighted by Gasteiger charge is -2.29. The number of nitrogens with one attached hydrogen (secondary N) is 1. The molecule has 0 radical (unpaired) electrons. The van der Waals surface area contributed by atoms with E-state index < -0.39 is 5.54 Å². The lowest BCUT2D eigenvalue weighted by Crippen LogP contribution is -2.42. The molecule has 1 unspecified atom stereocenters. The summed E-state index contributed by atoms with van der Waals surface area (Å²) in [6.07, 6.45) is 3.73. The molecule has 1 atom stereocenters. The molecule has 0 aliphatic carbocycles. The van der Waals surface area contributed by atoms with Gasteiger partial charge in [0.25, 0.3) is 0 Å². The van der Waals surface area contributed by atoms with E-state index in [4.69, 9.17) is 5.73 Å². The van der Waals surface area contributed by atoms with E-state index in [1.165, 1.54) is 0 Å². The van der Waals surface area contributed by atoms with Gasteiger partial charge < -0.3 is 11.1 Å². The molecule has 0 bridgehead atoms. The first-order valence-corrected chi connectivity index (χ1v) is 5.02. The van der Waals surface area contributed by atoms with Crippen LogP contribution in [0.2, 0.25) is 0 Å². The molecular weight excluding hydrogens is 190 g/mol. The minimum Gasteiger partial charge on any atom is -0.370 e. The molecule has 0 spiro atoms. The fourth-order valence-corrected chi connectivity index (χ4v) is 1.69. The van der Waals surface area contributed by atoms with Gasteiger partial charge in [-0.05, 0) is 25.1 Å². The van der Waals surface area contributed by atoms with Crippen LogP contribution in [-0.4, -0.2) is 17.4 Å². The highest BCUT2D eigenvalue weighted by Gasteiger charge is 2.27. The van der Waals surface area contributed by atoms with Gasteiger partial charge in [0.05, 0.1) is 5.54 Å². The molecule has 1 amide bonds. The molecule has 82 valence electrons. The fourth-order valence-electron chi connectivity index (χ4n) is 1.69. The molecule has 4 nitrogen and oxygen atoms in total.